The SMILES string of the molecule is CCN(CC)C(=O)Nc1ccc2c(c1)N(CC)C(=O)c1ccccc1S2. The second-order valence-corrected chi connectivity index (χ2v) is 7.02. The standard InChI is InChI=1S/C20H23N3O2S/c1-4-22(5-2)20(25)21-14-11-12-18-16(13-14)23(6-3)19(24)15-9-7-8-10-17(15)26-18/h7-13H,4-6H2,1-3H3,(H,21,25). The van der Waals surface area contributed by atoms with Gasteiger partial charge in [-0.05, 0) is 51.1 Å². The van der Waals surface area contributed by atoms with E-state index in [1.165, 1.54) is 0 Å². The first-order chi connectivity index (χ1) is 12.6. The average molecular weight is 369 g/mol. The molecule has 1 heterocycles. The summed E-state index contributed by atoms with van der Waals surface area (Å²) >= 11 is 1.58. The van der Waals surface area contributed by atoms with E-state index in [1.54, 1.807) is 21.6 Å². The highest BCUT2D eigenvalue weighted by Crippen LogP contribution is 2.42. The third kappa shape index (κ3) is 3.42. The lowest BCUT2D eigenvalue weighted by Crippen LogP contribution is -2.34. The van der Waals surface area contributed by atoms with Crippen LogP contribution in [0.3, 0.4) is 0 Å². The fraction of sp³-hybridized carbons (Fsp3) is 0.300. The van der Waals surface area contributed by atoms with Gasteiger partial charge in [0.2, 0.25) is 0 Å². The first kappa shape index (κ1) is 18.3. The number of carbonyl (C=O) groups excluding carboxylic acids is 2. The van der Waals surface area contributed by atoms with E-state index in [0.717, 1.165) is 15.5 Å². The molecule has 0 aromatic heterocycles. The molecule has 0 saturated carbocycles. The van der Waals surface area contributed by atoms with Crippen molar-refractivity contribution in [2.24, 2.45) is 0 Å². The van der Waals surface area contributed by atoms with Gasteiger partial charge >= 0.3 is 6.03 Å². The van der Waals surface area contributed by atoms with Crippen molar-refractivity contribution in [3.63, 3.8) is 0 Å². The lowest BCUT2D eigenvalue weighted by atomic mass is 10.1. The number of fused-ring (bicyclic) bond motifs is 2. The highest BCUT2D eigenvalue weighted by molar-refractivity contribution is 7.99. The Bertz CT molecular complexity index is 834. The monoisotopic (exact) mass is 369 g/mol. The Hall–Kier alpha value is -2.47. The molecule has 2 aromatic rings. The summed E-state index contributed by atoms with van der Waals surface area (Å²) in [6.07, 6.45) is 0. The van der Waals surface area contributed by atoms with E-state index in [9.17, 15) is 9.59 Å². The van der Waals surface area contributed by atoms with Gasteiger partial charge in [-0.15, -0.1) is 0 Å². The number of nitrogens with zero attached hydrogens (tertiary/aromatic N) is 2. The number of rotatable bonds is 4. The molecule has 3 amide bonds. The minimum Gasteiger partial charge on any atom is -0.325 e. The van der Waals surface area contributed by atoms with Gasteiger partial charge in [0.15, 0.2) is 0 Å². The van der Waals surface area contributed by atoms with E-state index in [1.807, 2.05) is 63.2 Å². The molecule has 1 aliphatic heterocycles. The van der Waals surface area contributed by atoms with Crippen LogP contribution >= 0.6 is 11.8 Å². The van der Waals surface area contributed by atoms with Crippen LogP contribution < -0.4 is 10.2 Å². The minimum atomic E-state index is -0.131. The lowest BCUT2D eigenvalue weighted by Gasteiger charge is -2.23. The lowest BCUT2D eigenvalue weighted by molar-refractivity contribution is 0.0985. The first-order valence-corrected chi connectivity index (χ1v) is 9.69. The van der Waals surface area contributed by atoms with Gasteiger partial charge in [-0.3, -0.25) is 4.79 Å². The van der Waals surface area contributed by atoms with Gasteiger partial charge in [-0.25, -0.2) is 4.79 Å². The van der Waals surface area contributed by atoms with Crippen molar-refractivity contribution in [2.45, 2.75) is 30.6 Å². The number of benzene rings is 2. The Morgan fingerprint density at radius 3 is 2.50 bits per heavy atom. The van der Waals surface area contributed by atoms with Gasteiger partial charge in [0.05, 0.1) is 11.3 Å². The van der Waals surface area contributed by atoms with Gasteiger partial charge in [-0.2, -0.15) is 0 Å². The Labute approximate surface area is 158 Å². The number of amides is 3. The number of urea groups is 1. The van der Waals surface area contributed by atoms with Gasteiger partial charge in [0, 0.05) is 35.1 Å². The summed E-state index contributed by atoms with van der Waals surface area (Å²) in [4.78, 5) is 30.8. The third-order valence-corrected chi connectivity index (χ3v) is 5.59. The van der Waals surface area contributed by atoms with Gasteiger partial charge in [0.1, 0.15) is 0 Å². The predicted molar refractivity (Wildman–Crippen MR) is 106 cm³/mol. The molecular formula is C20H23N3O2S. The largest absolute Gasteiger partial charge is 0.325 e. The summed E-state index contributed by atoms with van der Waals surface area (Å²) in [5.74, 6) is -0.0124. The van der Waals surface area contributed by atoms with E-state index < -0.39 is 0 Å². The van der Waals surface area contributed by atoms with Crippen LogP contribution in [0.5, 0.6) is 0 Å². The van der Waals surface area contributed by atoms with Gasteiger partial charge in [-0.1, -0.05) is 23.9 Å². The highest BCUT2D eigenvalue weighted by atomic mass is 32.2. The van der Waals surface area contributed by atoms with Crippen LogP contribution in [0, 0.1) is 0 Å². The molecule has 0 saturated heterocycles. The van der Waals surface area contributed by atoms with Crippen molar-refractivity contribution in [3.8, 4) is 0 Å². The molecule has 2 aromatic carbocycles. The maximum Gasteiger partial charge on any atom is 0.321 e. The highest BCUT2D eigenvalue weighted by Gasteiger charge is 2.26. The molecular weight excluding hydrogens is 346 g/mol. The second-order valence-electron chi connectivity index (χ2n) is 5.93. The predicted octanol–water partition coefficient (Wildman–Crippen LogP) is 4.69. The molecule has 3 rings (SSSR count). The zero-order valence-electron chi connectivity index (χ0n) is 15.3. The second kappa shape index (κ2) is 7.83. The summed E-state index contributed by atoms with van der Waals surface area (Å²) in [6.45, 7) is 7.72. The molecule has 0 fully saturated rings. The normalized spacial score (nSPS) is 12.9. The maximum atomic E-state index is 13.0. The van der Waals surface area contributed by atoms with Crippen molar-refractivity contribution in [3.05, 3.63) is 48.0 Å². The quantitative estimate of drug-likeness (QED) is 0.850. The van der Waals surface area contributed by atoms with E-state index in [4.69, 9.17) is 0 Å². The fourth-order valence-corrected chi connectivity index (χ4v) is 4.08. The Balaban J connectivity index is 1.97. The van der Waals surface area contributed by atoms with Crippen molar-refractivity contribution in [1.29, 1.82) is 0 Å². The third-order valence-electron chi connectivity index (χ3n) is 4.45. The topological polar surface area (TPSA) is 52.7 Å². The van der Waals surface area contributed by atoms with Crippen LogP contribution in [0.1, 0.15) is 31.1 Å². The van der Waals surface area contributed by atoms with Crippen molar-refractivity contribution >= 4 is 35.1 Å². The molecule has 0 radical (unpaired) electrons. The van der Waals surface area contributed by atoms with E-state index in [0.29, 0.717) is 30.9 Å². The molecule has 0 unspecified atom stereocenters. The molecule has 1 N–H and O–H groups in total. The summed E-state index contributed by atoms with van der Waals surface area (Å²) < 4.78 is 0. The summed E-state index contributed by atoms with van der Waals surface area (Å²) in [5.41, 5.74) is 2.23. The Morgan fingerprint density at radius 1 is 1.08 bits per heavy atom. The fourth-order valence-electron chi connectivity index (χ4n) is 3.03. The summed E-state index contributed by atoms with van der Waals surface area (Å²) in [7, 11) is 0. The van der Waals surface area contributed by atoms with Crippen molar-refractivity contribution in [2.75, 3.05) is 29.9 Å². The molecule has 1 aliphatic rings. The Morgan fingerprint density at radius 2 is 1.81 bits per heavy atom. The zero-order valence-corrected chi connectivity index (χ0v) is 16.1. The van der Waals surface area contributed by atoms with Crippen LogP contribution in [-0.4, -0.2) is 36.5 Å². The molecule has 0 aliphatic carbocycles. The van der Waals surface area contributed by atoms with Crippen LogP contribution in [0.4, 0.5) is 16.2 Å². The van der Waals surface area contributed by atoms with Crippen LogP contribution in [0.15, 0.2) is 52.3 Å². The smallest absolute Gasteiger partial charge is 0.321 e. The molecule has 26 heavy (non-hydrogen) atoms. The van der Waals surface area contributed by atoms with Gasteiger partial charge in [0.25, 0.3) is 5.91 Å². The molecule has 0 spiro atoms. The number of hydrogen-bond donors (Lipinski definition) is 1. The minimum absolute atomic E-state index is 0.0124. The summed E-state index contributed by atoms with van der Waals surface area (Å²) in [6, 6.07) is 13.3. The van der Waals surface area contributed by atoms with Crippen molar-refractivity contribution in [1.82, 2.24) is 4.90 Å². The number of nitrogens with one attached hydrogen (secondary N) is 1. The zero-order chi connectivity index (χ0) is 18.7. The van der Waals surface area contributed by atoms with Crippen molar-refractivity contribution < 1.29 is 9.59 Å². The first-order valence-electron chi connectivity index (χ1n) is 8.87. The van der Waals surface area contributed by atoms with Crippen LogP contribution in [0.2, 0.25) is 0 Å². The number of hydrogen-bond acceptors (Lipinski definition) is 3. The van der Waals surface area contributed by atoms with E-state index >= 15 is 0 Å². The van der Waals surface area contributed by atoms with Crippen LogP contribution in [-0.2, 0) is 0 Å². The maximum absolute atomic E-state index is 13.0. The molecule has 6 heteroatoms. The molecule has 5 nitrogen and oxygen atoms in total. The molecule has 0 atom stereocenters. The number of carbonyl (C=O) groups is 2. The molecule has 0 bridgehead atoms. The van der Waals surface area contributed by atoms with Gasteiger partial charge < -0.3 is 15.1 Å². The van der Waals surface area contributed by atoms with E-state index in [-0.39, 0.29) is 11.9 Å². The molecule has 136 valence electrons. The van der Waals surface area contributed by atoms with E-state index in [2.05, 4.69) is 5.32 Å². The summed E-state index contributed by atoms with van der Waals surface area (Å²) in [5, 5.41) is 2.93. The van der Waals surface area contributed by atoms with Crippen LogP contribution in [0.25, 0.3) is 0 Å². The average Bonchev–Trinajstić information content (AvgIpc) is 2.76. The Kier molecular flexibility index (Phi) is 5.52. The number of anilines is 2.